The Labute approximate surface area is 143 Å². The summed E-state index contributed by atoms with van der Waals surface area (Å²) >= 11 is 12.0. The van der Waals surface area contributed by atoms with E-state index in [-0.39, 0.29) is 39.3 Å². The number of nitriles is 1. The maximum Gasteiger partial charge on any atom is 1.00 e. The van der Waals surface area contributed by atoms with E-state index >= 15 is 0 Å². The normalized spacial score (nSPS) is 10.7. The summed E-state index contributed by atoms with van der Waals surface area (Å²) in [5.41, 5.74) is 0.378. The molecule has 7 heteroatoms. The summed E-state index contributed by atoms with van der Waals surface area (Å²) < 4.78 is 0.261. The second kappa shape index (κ2) is 8.81. The number of anilines is 1. The number of thioether (sulfide) groups is 1. The van der Waals surface area contributed by atoms with Gasteiger partial charge in [0.2, 0.25) is 0 Å². The van der Waals surface area contributed by atoms with Crippen molar-refractivity contribution in [3.8, 4) is 6.07 Å². The van der Waals surface area contributed by atoms with Crippen LogP contribution in [0.4, 0.5) is 5.69 Å². The molecule has 1 rings (SSSR count). The van der Waals surface area contributed by atoms with Gasteiger partial charge in [0.15, 0.2) is 0 Å². The van der Waals surface area contributed by atoms with Gasteiger partial charge in [-0.3, -0.25) is 0 Å². The molecule has 0 saturated heterocycles. The first-order chi connectivity index (χ1) is 8.10. The Balaban J connectivity index is 0.00000289. The van der Waals surface area contributed by atoms with E-state index in [2.05, 4.69) is 5.32 Å². The largest absolute Gasteiger partial charge is 1.00 e. The first kappa shape index (κ1) is 17.8. The third-order valence-electron chi connectivity index (χ3n) is 1.85. The van der Waals surface area contributed by atoms with Gasteiger partial charge in [-0.05, 0) is 24.3 Å². The van der Waals surface area contributed by atoms with E-state index in [4.69, 9.17) is 29.1 Å². The molecule has 0 bridgehead atoms. The molecule has 0 fully saturated rings. The van der Waals surface area contributed by atoms with Gasteiger partial charge in [-0.1, -0.05) is 36.0 Å². The van der Waals surface area contributed by atoms with E-state index in [1.807, 2.05) is 0 Å². The Bertz CT molecular complexity index is 514. The van der Waals surface area contributed by atoms with Crippen LogP contribution < -0.4 is 40.0 Å². The molecule has 0 aliphatic rings. The third kappa shape index (κ3) is 4.81. The smallest absolute Gasteiger partial charge is 0.859 e. The van der Waals surface area contributed by atoms with Crippen molar-refractivity contribution in [2.75, 3.05) is 11.6 Å². The van der Waals surface area contributed by atoms with Crippen LogP contribution in [0.2, 0.25) is 5.02 Å². The van der Waals surface area contributed by atoms with Crippen molar-refractivity contribution in [1.29, 1.82) is 5.26 Å². The van der Waals surface area contributed by atoms with Gasteiger partial charge in [0.25, 0.3) is 0 Å². The number of benzene rings is 1. The van der Waals surface area contributed by atoms with Crippen LogP contribution in [-0.2, 0) is 0 Å². The first-order valence-electron chi connectivity index (χ1n) is 4.51. The van der Waals surface area contributed by atoms with Gasteiger partial charge in [-0.2, -0.15) is 5.26 Å². The van der Waals surface area contributed by atoms with Crippen LogP contribution >= 0.6 is 35.6 Å². The summed E-state index contributed by atoms with van der Waals surface area (Å²) in [5, 5.41) is 23.6. The van der Waals surface area contributed by atoms with Gasteiger partial charge in [0, 0.05) is 0 Å². The van der Waals surface area contributed by atoms with Crippen LogP contribution in [0.1, 0.15) is 0 Å². The Morgan fingerprint density at radius 3 is 2.61 bits per heavy atom. The summed E-state index contributed by atoms with van der Waals surface area (Å²) in [6, 6.07) is 8.58. The Hall–Kier alpha value is -0.220. The topological polar surface area (TPSA) is 58.9 Å². The molecule has 0 aliphatic heterocycles. The number of para-hydroxylation sites is 1. The van der Waals surface area contributed by atoms with Gasteiger partial charge in [0.1, 0.15) is 6.07 Å². The van der Waals surface area contributed by atoms with Crippen molar-refractivity contribution in [1.82, 2.24) is 0 Å². The Kier molecular flexibility index (Phi) is 8.70. The molecule has 0 radical (unpaired) electrons. The van der Waals surface area contributed by atoms with Crippen LogP contribution in [0.5, 0.6) is 0 Å². The minimum Gasteiger partial charge on any atom is -0.859 e. The summed E-state index contributed by atoms with van der Waals surface area (Å²) in [4.78, 5) is 0. The molecule has 0 spiro atoms. The fraction of sp³-hybridized carbons (Fsp3) is 0.0909. The Morgan fingerprint density at radius 1 is 1.50 bits per heavy atom. The quantitative estimate of drug-likeness (QED) is 0.269. The first-order valence-corrected chi connectivity index (χ1v) is 6.52. The van der Waals surface area contributed by atoms with E-state index in [0.29, 0.717) is 10.7 Å². The minimum absolute atomic E-state index is 0. The predicted molar refractivity (Wildman–Crippen MR) is 73.8 cm³/mol. The summed E-state index contributed by atoms with van der Waals surface area (Å²) in [7, 11) is 0. The summed E-state index contributed by atoms with van der Waals surface area (Å²) in [6.07, 6.45) is 1.71. The van der Waals surface area contributed by atoms with Crippen molar-refractivity contribution in [2.24, 2.45) is 0 Å². The Morgan fingerprint density at radius 2 is 2.11 bits per heavy atom. The van der Waals surface area contributed by atoms with E-state index in [1.165, 1.54) is 11.8 Å². The number of rotatable bonds is 3. The van der Waals surface area contributed by atoms with Crippen molar-refractivity contribution in [2.45, 2.75) is 0 Å². The number of thiocarbonyl (C=S) groups is 1. The third-order valence-corrected chi connectivity index (χ3v) is 3.46. The molecular weight excluding hydrogens is 299 g/mol. The average Bonchev–Trinajstić information content (AvgIpc) is 2.32. The van der Waals surface area contributed by atoms with Crippen LogP contribution in [0.25, 0.3) is 0 Å². The van der Waals surface area contributed by atoms with Crippen molar-refractivity contribution in [3.63, 3.8) is 0 Å². The SMILES string of the molecule is CSC(=S)/C(C#N)=C(\[O-])Nc1ccccc1Cl.[Na+]. The van der Waals surface area contributed by atoms with Crippen molar-refractivity contribution < 1.29 is 34.7 Å². The van der Waals surface area contributed by atoms with Crippen LogP contribution in [0.15, 0.2) is 35.7 Å². The fourth-order valence-electron chi connectivity index (χ4n) is 1.04. The number of nitrogens with one attached hydrogen (secondary N) is 1. The molecule has 88 valence electrons. The van der Waals surface area contributed by atoms with E-state index in [0.717, 1.165) is 0 Å². The van der Waals surface area contributed by atoms with Crippen molar-refractivity contribution >= 4 is 45.5 Å². The number of nitrogens with zero attached hydrogens (tertiary/aromatic N) is 1. The summed E-state index contributed by atoms with van der Waals surface area (Å²) in [5.74, 6) is -0.542. The van der Waals surface area contributed by atoms with Crippen LogP contribution in [0.3, 0.4) is 0 Å². The van der Waals surface area contributed by atoms with Crippen molar-refractivity contribution in [3.05, 3.63) is 40.7 Å². The van der Waals surface area contributed by atoms with Gasteiger partial charge < -0.3 is 10.4 Å². The second-order valence-electron chi connectivity index (χ2n) is 2.91. The molecule has 0 atom stereocenters. The van der Waals surface area contributed by atoms with Gasteiger partial charge in [0.05, 0.1) is 20.5 Å². The molecule has 0 unspecified atom stereocenters. The van der Waals surface area contributed by atoms with Crippen LogP contribution in [0, 0.1) is 11.3 Å². The number of halogens is 1. The second-order valence-corrected chi connectivity index (χ2v) is 4.80. The molecule has 1 aromatic carbocycles. The van der Waals surface area contributed by atoms with Gasteiger partial charge in [-0.15, -0.1) is 11.8 Å². The fourth-order valence-corrected chi connectivity index (χ4v) is 1.70. The maximum atomic E-state index is 11.8. The molecular formula is C11H8ClN2NaOS2. The van der Waals surface area contributed by atoms with E-state index < -0.39 is 5.88 Å². The molecule has 0 amide bonds. The molecule has 0 aromatic heterocycles. The zero-order chi connectivity index (χ0) is 12.8. The minimum atomic E-state index is -0.542. The molecule has 1 N–H and O–H groups in total. The summed E-state index contributed by atoms with van der Waals surface area (Å²) in [6.45, 7) is 0. The molecule has 0 aliphatic carbocycles. The standard InChI is InChI=1S/C11H9ClN2OS2.Na/c1-17-11(16)7(6-13)10(15)14-9-5-3-2-4-8(9)12;/h2-5,14-15H,1H3;/q;+1/p-1/b10-7-;. The zero-order valence-corrected chi connectivity index (χ0v) is 14.2. The molecule has 1 aromatic rings. The van der Waals surface area contributed by atoms with Gasteiger partial charge >= 0.3 is 29.6 Å². The average molecular weight is 307 g/mol. The maximum absolute atomic E-state index is 11.8. The van der Waals surface area contributed by atoms with E-state index in [9.17, 15) is 5.11 Å². The number of hydrogen-bond donors (Lipinski definition) is 1. The molecule has 0 heterocycles. The molecule has 0 saturated carbocycles. The van der Waals surface area contributed by atoms with E-state index in [1.54, 1.807) is 36.6 Å². The monoisotopic (exact) mass is 306 g/mol. The van der Waals surface area contributed by atoms with Gasteiger partial charge in [-0.25, -0.2) is 0 Å². The predicted octanol–water partition coefficient (Wildman–Crippen LogP) is -0.458. The molecule has 18 heavy (non-hydrogen) atoms. The zero-order valence-electron chi connectivity index (χ0n) is 9.86. The molecule has 3 nitrogen and oxygen atoms in total. The van der Waals surface area contributed by atoms with Crippen LogP contribution in [-0.4, -0.2) is 10.5 Å². The number of hydrogen-bond acceptors (Lipinski definition) is 5.